The molecule has 0 saturated carbocycles. The van der Waals surface area contributed by atoms with E-state index in [4.69, 9.17) is 10.7 Å². The normalized spacial score (nSPS) is 11.8. The molecule has 0 aliphatic heterocycles. The second kappa shape index (κ2) is 4.26. The summed E-state index contributed by atoms with van der Waals surface area (Å²) in [4.78, 5) is 11.4. The van der Waals surface area contributed by atoms with Crippen molar-refractivity contribution in [3.63, 3.8) is 0 Å². The molecule has 0 fully saturated rings. The van der Waals surface area contributed by atoms with Crippen molar-refractivity contribution >= 4 is 25.4 Å². The van der Waals surface area contributed by atoms with Gasteiger partial charge in [-0.25, -0.2) is 17.2 Å². The van der Waals surface area contributed by atoms with E-state index in [1.807, 2.05) is 0 Å². The quantitative estimate of drug-likeness (QED) is 0.476. The monoisotopic (exact) mass is 272 g/mol. The molecule has 0 saturated heterocycles. The molecule has 16 heavy (non-hydrogen) atoms. The number of rotatable bonds is 3. The van der Waals surface area contributed by atoms with E-state index >= 15 is 0 Å². The molecule has 6 nitrogen and oxygen atoms in total. The first kappa shape index (κ1) is 12.7. The number of halogens is 3. The van der Waals surface area contributed by atoms with Crippen LogP contribution in [-0.4, -0.2) is 18.3 Å². The van der Waals surface area contributed by atoms with Crippen molar-refractivity contribution in [1.29, 1.82) is 0 Å². The van der Waals surface area contributed by atoms with E-state index in [1.165, 1.54) is 0 Å². The van der Waals surface area contributed by atoms with E-state index in [1.54, 1.807) is 0 Å². The fourth-order valence-electron chi connectivity index (χ4n) is 0.983. The largest absolute Gasteiger partial charge is 0.301 e. The Labute approximate surface area is 92.4 Å². The Morgan fingerprint density at radius 1 is 1.44 bits per heavy atom. The third-order valence-corrected chi connectivity index (χ3v) is 2.92. The van der Waals surface area contributed by atoms with Crippen molar-refractivity contribution in [3.05, 3.63) is 28.1 Å². The van der Waals surface area contributed by atoms with Crippen LogP contribution in [-0.2, 0) is 9.05 Å². The molecule has 1 aromatic rings. The molecule has 0 atom stereocenters. The highest BCUT2D eigenvalue weighted by Crippen LogP contribution is 2.34. The highest BCUT2D eigenvalue weighted by molar-refractivity contribution is 8.13. The van der Waals surface area contributed by atoms with Gasteiger partial charge in [0.15, 0.2) is 4.90 Å². The van der Waals surface area contributed by atoms with E-state index in [0.717, 1.165) is 0 Å². The van der Waals surface area contributed by atoms with E-state index < -0.39 is 36.5 Å². The molecular weight excluding hydrogens is 270 g/mol. The number of alkyl halides is 2. The van der Waals surface area contributed by atoms with E-state index in [2.05, 4.69) is 4.98 Å². The Morgan fingerprint density at radius 3 is 2.38 bits per heavy atom. The van der Waals surface area contributed by atoms with Gasteiger partial charge in [-0.15, -0.1) is 0 Å². The molecule has 0 aromatic carbocycles. The number of nitro groups is 1. The van der Waals surface area contributed by atoms with Crippen LogP contribution < -0.4 is 0 Å². The molecule has 1 heterocycles. The molecule has 88 valence electrons. The van der Waals surface area contributed by atoms with Gasteiger partial charge in [0.2, 0.25) is 0 Å². The van der Waals surface area contributed by atoms with Crippen LogP contribution in [0.5, 0.6) is 0 Å². The topological polar surface area (TPSA) is 90.2 Å². The summed E-state index contributed by atoms with van der Waals surface area (Å²) in [6, 6.07) is 0. The first-order valence-corrected chi connectivity index (χ1v) is 5.91. The molecule has 0 N–H and O–H groups in total. The lowest BCUT2D eigenvalue weighted by Crippen LogP contribution is -2.04. The molecule has 1 aromatic heterocycles. The number of aromatic nitrogens is 1. The average molecular weight is 273 g/mol. The Hall–Kier alpha value is -1.35. The maximum Gasteiger partial charge on any atom is 0.301 e. The van der Waals surface area contributed by atoms with Crippen molar-refractivity contribution in [1.82, 2.24) is 4.98 Å². The summed E-state index contributed by atoms with van der Waals surface area (Å²) >= 11 is 0. The minimum atomic E-state index is -4.50. The van der Waals surface area contributed by atoms with Gasteiger partial charge < -0.3 is 0 Å². The summed E-state index contributed by atoms with van der Waals surface area (Å²) in [6.45, 7) is 0. The minimum absolute atomic E-state index is 0.522. The Kier molecular flexibility index (Phi) is 3.38. The Bertz CT molecular complexity index is 533. The van der Waals surface area contributed by atoms with Gasteiger partial charge in [0.05, 0.1) is 11.1 Å². The summed E-state index contributed by atoms with van der Waals surface area (Å²) in [5.41, 5.74) is -2.34. The van der Waals surface area contributed by atoms with Crippen molar-refractivity contribution in [2.75, 3.05) is 0 Å². The maximum atomic E-state index is 12.4. The van der Waals surface area contributed by atoms with Gasteiger partial charge in [0.25, 0.3) is 15.5 Å². The molecule has 0 aliphatic carbocycles. The summed E-state index contributed by atoms with van der Waals surface area (Å²) < 4.78 is 46.6. The first-order valence-electron chi connectivity index (χ1n) is 3.60. The molecule has 0 amide bonds. The Morgan fingerprint density at radius 2 is 2.00 bits per heavy atom. The summed E-state index contributed by atoms with van der Waals surface area (Å²) in [5.74, 6) is 0. The van der Waals surface area contributed by atoms with Gasteiger partial charge in [-0.05, 0) is 0 Å². The molecule has 10 heteroatoms. The minimum Gasteiger partial charge on any atom is -0.262 e. The summed E-state index contributed by atoms with van der Waals surface area (Å²) in [6.07, 6.45) is -2.15. The molecule has 0 bridgehead atoms. The molecule has 1 rings (SSSR count). The van der Waals surface area contributed by atoms with Crippen molar-refractivity contribution < 1.29 is 22.1 Å². The molecule has 0 unspecified atom stereocenters. The zero-order valence-electron chi connectivity index (χ0n) is 7.30. The highest BCUT2D eigenvalue weighted by atomic mass is 35.7. The lowest BCUT2D eigenvalue weighted by molar-refractivity contribution is -0.389. The maximum absolute atomic E-state index is 12.4. The fourth-order valence-corrected chi connectivity index (χ4v) is 1.93. The van der Waals surface area contributed by atoms with E-state index in [-0.39, 0.29) is 0 Å². The lowest BCUT2D eigenvalue weighted by atomic mass is 10.2. The number of nitrogens with zero attached hydrogens (tertiary/aromatic N) is 2. The summed E-state index contributed by atoms with van der Waals surface area (Å²) in [5, 5.41) is 10.5. The van der Waals surface area contributed by atoms with Gasteiger partial charge in [-0.3, -0.25) is 15.1 Å². The first-order chi connectivity index (χ1) is 7.25. The number of hydrogen-bond acceptors (Lipinski definition) is 5. The van der Waals surface area contributed by atoms with Gasteiger partial charge in [-0.2, -0.15) is 0 Å². The number of pyridine rings is 1. The third-order valence-electron chi connectivity index (χ3n) is 1.59. The highest BCUT2D eigenvalue weighted by Gasteiger charge is 2.31. The van der Waals surface area contributed by atoms with Gasteiger partial charge in [0, 0.05) is 16.9 Å². The van der Waals surface area contributed by atoms with Crippen LogP contribution in [0.4, 0.5) is 14.5 Å². The van der Waals surface area contributed by atoms with Crippen LogP contribution in [0.3, 0.4) is 0 Å². The van der Waals surface area contributed by atoms with Crippen LogP contribution >= 0.6 is 10.7 Å². The van der Waals surface area contributed by atoms with E-state index in [9.17, 15) is 27.3 Å². The summed E-state index contributed by atoms with van der Waals surface area (Å²) in [7, 11) is 0.368. The van der Waals surface area contributed by atoms with Crippen molar-refractivity contribution in [2.24, 2.45) is 0 Å². The SMILES string of the molecule is O=[N+]([O-])c1c(C(F)F)cncc1S(=O)(=O)Cl. The van der Waals surface area contributed by atoms with Crippen LogP contribution in [0.25, 0.3) is 0 Å². The average Bonchev–Trinajstić information content (AvgIpc) is 2.14. The molecule has 0 aliphatic rings. The zero-order chi connectivity index (χ0) is 12.5. The molecule has 0 spiro atoms. The van der Waals surface area contributed by atoms with Crippen molar-refractivity contribution in [3.8, 4) is 0 Å². The van der Waals surface area contributed by atoms with Crippen LogP contribution in [0.1, 0.15) is 12.0 Å². The smallest absolute Gasteiger partial charge is 0.262 e. The predicted molar refractivity (Wildman–Crippen MR) is 48.9 cm³/mol. The van der Waals surface area contributed by atoms with Crippen LogP contribution in [0.15, 0.2) is 17.3 Å². The second-order valence-corrected chi connectivity index (χ2v) is 5.11. The second-order valence-electron chi connectivity index (χ2n) is 2.57. The third kappa shape index (κ3) is 2.42. The molecule has 0 radical (unpaired) electrons. The van der Waals surface area contributed by atoms with Gasteiger partial charge in [0.1, 0.15) is 5.56 Å². The van der Waals surface area contributed by atoms with Crippen molar-refractivity contribution in [2.45, 2.75) is 11.3 Å². The number of hydrogen-bond donors (Lipinski definition) is 0. The van der Waals surface area contributed by atoms with Gasteiger partial charge in [-0.1, -0.05) is 0 Å². The standard InChI is InChI=1S/C6H3ClF2N2O4S/c7-16(14,15)4-2-10-1-3(6(8)9)5(4)11(12)13/h1-2,6H. The predicted octanol–water partition coefficient (Wildman–Crippen LogP) is 1.85. The van der Waals surface area contributed by atoms with Crippen LogP contribution in [0.2, 0.25) is 0 Å². The van der Waals surface area contributed by atoms with Crippen LogP contribution in [0, 0.1) is 10.1 Å². The van der Waals surface area contributed by atoms with E-state index in [0.29, 0.717) is 12.4 Å². The Balaban J connectivity index is 3.65. The fraction of sp³-hybridized carbons (Fsp3) is 0.167. The molecular formula is C6H3ClF2N2O4S. The van der Waals surface area contributed by atoms with Gasteiger partial charge >= 0.3 is 5.69 Å². The zero-order valence-corrected chi connectivity index (χ0v) is 8.87. The lowest BCUT2D eigenvalue weighted by Gasteiger charge is -2.03.